The van der Waals surface area contributed by atoms with E-state index in [4.69, 9.17) is 5.73 Å². The monoisotopic (exact) mass is 204 g/mol. The number of nitrogens with one attached hydrogen (secondary N) is 1. The number of benzene rings is 1. The molecule has 2 heteroatoms. The van der Waals surface area contributed by atoms with Crippen LogP contribution in [-0.4, -0.2) is 5.54 Å². The van der Waals surface area contributed by atoms with Gasteiger partial charge < -0.3 is 11.1 Å². The van der Waals surface area contributed by atoms with Gasteiger partial charge in [-0.2, -0.15) is 0 Å². The zero-order valence-corrected chi connectivity index (χ0v) is 9.64. The average molecular weight is 204 g/mol. The highest BCUT2D eigenvalue weighted by Crippen LogP contribution is 2.34. The van der Waals surface area contributed by atoms with E-state index in [1.807, 2.05) is 6.07 Å². The van der Waals surface area contributed by atoms with Crippen molar-refractivity contribution in [3.8, 4) is 0 Å². The van der Waals surface area contributed by atoms with Crippen LogP contribution in [0.1, 0.15) is 38.7 Å². The molecule has 0 bridgehead atoms. The topological polar surface area (TPSA) is 38.0 Å². The molecule has 0 amide bonds. The average Bonchev–Trinajstić information content (AvgIpc) is 2.17. The normalized spacial score (nSPS) is 24.4. The number of nitrogens with two attached hydrogens (primary N) is 1. The van der Waals surface area contributed by atoms with Crippen LogP contribution in [-0.2, 0) is 6.42 Å². The van der Waals surface area contributed by atoms with Gasteiger partial charge in [0.15, 0.2) is 0 Å². The Balaban J connectivity index is 2.25. The van der Waals surface area contributed by atoms with Crippen LogP contribution >= 0.6 is 0 Å². The van der Waals surface area contributed by atoms with E-state index >= 15 is 0 Å². The zero-order valence-electron chi connectivity index (χ0n) is 9.64. The molecular weight excluding hydrogens is 184 g/mol. The first kappa shape index (κ1) is 10.3. The SMILES string of the molecule is CCC[C@@]1(C)CCc2ccc(N)cc2N1. The van der Waals surface area contributed by atoms with E-state index < -0.39 is 0 Å². The van der Waals surface area contributed by atoms with E-state index in [1.54, 1.807) is 0 Å². The van der Waals surface area contributed by atoms with Crippen molar-refractivity contribution in [2.24, 2.45) is 0 Å². The Morgan fingerprint density at radius 3 is 3.00 bits per heavy atom. The van der Waals surface area contributed by atoms with E-state index in [1.165, 1.54) is 36.9 Å². The number of hydrogen-bond donors (Lipinski definition) is 2. The number of rotatable bonds is 2. The molecule has 2 rings (SSSR count). The summed E-state index contributed by atoms with van der Waals surface area (Å²) >= 11 is 0. The maximum absolute atomic E-state index is 5.80. The van der Waals surface area contributed by atoms with Gasteiger partial charge in [-0.15, -0.1) is 0 Å². The fourth-order valence-electron chi connectivity index (χ4n) is 2.47. The largest absolute Gasteiger partial charge is 0.399 e. The van der Waals surface area contributed by atoms with Gasteiger partial charge in [-0.05, 0) is 43.9 Å². The van der Waals surface area contributed by atoms with Crippen LogP contribution in [0.25, 0.3) is 0 Å². The Hall–Kier alpha value is -1.18. The second kappa shape index (κ2) is 3.76. The molecule has 0 aromatic heterocycles. The molecule has 0 radical (unpaired) electrons. The van der Waals surface area contributed by atoms with Crippen LogP contribution in [0.15, 0.2) is 18.2 Å². The van der Waals surface area contributed by atoms with Crippen LogP contribution in [0.3, 0.4) is 0 Å². The molecule has 0 aliphatic carbocycles. The summed E-state index contributed by atoms with van der Waals surface area (Å²) in [5, 5.41) is 3.64. The highest BCUT2D eigenvalue weighted by atomic mass is 15.0. The van der Waals surface area contributed by atoms with Gasteiger partial charge in [0, 0.05) is 16.9 Å². The first-order valence-corrected chi connectivity index (χ1v) is 5.79. The summed E-state index contributed by atoms with van der Waals surface area (Å²) < 4.78 is 0. The lowest BCUT2D eigenvalue weighted by molar-refractivity contribution is 0.421. The van der Waals surface area contributed by atoms with Crippen molar-refractivity contribution in [1.82, 2.24) is 0 Å². The third-order valence-electron chi connectivity index (χ3n) is 3.32. The van der Waals surface area contributed by atoms with Crippen molar-refractivity contribution < 1.29 is 0 Å². The van der Waals surface area contributed by atoms with Crippen molar-refractivity contribution in [1.29, 1.82) is 0 Å². The molecule has 0 saturated heterocycles. The predicted molar refractivity (Wildman–Crippen MR) is 66.1 cm³/mol. The minimum atomic E-state index is 0.259. The fraction of sp³-hybridized carbons (Fsp3) is 0.538. The van der Waals surface area contributed by atoms with E-state index in [9.17, 15) is 0 Å². The van der Waals surface area contributed by atoms with Crippen LogP contribution in [0.4, 0.5) is 11.4 Å². The Morgan fingerprint density at radius 2 is 2.27 bits per heavy atom. The molecule has 82 valence electrons. The summed E-state index contributed by atoms with van der Waals surface area (Å²) in [5.41, 5.74) is 9.55. The first-order chi connectivity index (χ1) is 7.13. The van der Waals surface area contributed by atoms with E-state index in [0.717, 1.165) is 5.69 Å². The van der Waals surface area contributed by atoms with Crippen molar-refractivity contribution in [3.05, 3.63) is 23.8 Å². The Bertz CT molecular complexity index is 360. The zero-order chi connectivity index (χ0) is 10.9. The molecule has 0 saturated carbocycles. The lowest BCUT2D eigenvalue weighted by atomic mass is 9.84. The summed E-state index contributed by atoms with van der Waals surface area (Å²) in [7, 11) is 0. The first-order valence-electron chi connectivity index (χ1n) is 5.79. The molecule has 1 aliphatic heterocycles. The molecule has 1 heterocycles. The fourth-order valence-corrected chi connectivity index (χ4v) is 2.47. The number of fused-ring (bicyclic) bond motifs is 1. The van der Waals surface area contributed by atoms with Crippen LogP contribution in [0.2, 0.25) is 0 Å². The van der Waals surface area contributed by atoms with Crippen LogP contribution < -0.4 is 11.1 Å². The smallest absolute Gasteiger partial charge is 0.0397 e. The second-order valence-corrected chi connectivity index (χ2v) is 4.85. The molecule has 0 spiro atoms. The minimum absolute atomic E-state index is 0.259. The maximum Gasteiger partial charge on any atom is 0.0397 e. The third-order valence-corrected chi connectivity index (χ3v) is 3.32. The number of hydrogen-bond acceptors (Lipinski definition) is 2. The van der Waals surface area contributed by atoms with Gasteiger partial charge in [-0.25, -0.2) is 0 Å². The Kier molecular flexibility index (Phi) is 2.59. The van der Waals surface area contributed by atoms with Gasteiger partial charge in [0.2, 0.25) is 0 Å². The molecule has 1 aliphatic rings. The van der Waals surface area contributed by atoms with Gasteiger partial charge in [-0.1, -0.05) is 19.4 Å². The predicted octanol–water partition coefficient (Wildman–Crippen LogP) is 3.19. The molecule has 0 fully saturated rings. The molecule has 0 unspecified atom stereocenters. The van der Waals surface area contributed by atoms with Crippen LogP contribution in [0.5, 0.6) is 0 Å². The highest BCUT2D eigenvalue weighted by Gasteiger charge is 2.27. The van der Waals surface area contributed by atoms with E-state index in [0.29, 0.717) is 0 Å². The van der Waals surface area contributed by atoms with Gasteiger partial charge >= 0.3 is 0 Å². The van der Waals surface area contributed by atoms with Gasteiger partial charge in [-0.3, -0.25) is 0 Å². The summed E-state index contributed by atoms with van der Waals surface area (Å²) in [6.45, 7) is 4.55. The quantitative estimate of drug-likeness (QED) is 0.726. The molecule has 1 aromatic rings. The highest BCUT2D eigenvalue weighted by molar-refractivity contribution is 5.62. The number of nitrogen functional groups attached to an aromatic ring is 1. The van der Waals surface area contributed by atoms with Gasteiger partial charge in [0.1, 0.15) is 0 Å². The summed E-state index contributed by atoms with van der Waals surface area (Å²) in [6.07, 6.45) is 4.83. The van der Waals surface area contributed by atoms with Gasteiger partial charge in [0.05, 0.1) is 0 Å². The Morgan fingerprint density at radius 1 is 1.47 bits per heavy atom. The van der Waals surface area contributed by atoms with Crippen molar-refractivity contribution >= 4 is 11.4 Å². The third kappa shape index (κ3) is 2.09. The lowest BCUT2D eigenvalue weighted by Gasteiger charge is -2.37. The van der Waals surface area contributed by atoms with E-state index in [-0.39, 0.29) is 5.54 Å². The molecular formula is C13H20N2. The van der Waals surface area contributed by atoms with Crippen LogP contribution in [0, 0.1) is 0 Å². The minimum Gasteiger partial charge on any atom is -0.399 e. The molecule has 1 atom stereocenters. The second-order valence-electron chi connectivity index (χ2n) is 4.85. The van der Waals surface area contributed by atoms with Crippen molar-refractivity contribution in [3.63, 3.8) is 0 Å². The summed E-state index contributed by atoms with van der Waals surface area (Å²) in [6, 6.07) is 6.19. The number of aryl methyl sites for hydroxylation is 1. The summed E-state index contributed by atoms with van der Waals surface area (Å²) in [5.74, 6) is 0. The maximum atomic E-state index is 5.80. The van der Waals surface area contributed by atoms with Gasteiger partial charge in [0.25, 0.3) is 0 Å². The van der Waals surface area contributed by atoms with Crippen molar-refractivity contribution in [2.45, 2.75) is 45.1 Å². The molecule has 3 N–H and O–H groups in total. The lowest BCUT2D eigenvalue weighted by Crippen LogP contribution is -2.38. The van der Waals surface area contributed by atoms with Crippen molar-refractivity contribution in [2.75, 3.05) is 11.1 Å². The summed E-state index contributed by atoms with van der Waals surface area (Å²) in [4.78, 5) is 0. The molecule has 15 heavy (non-hydrogen) atoms. The van der Waals surface area contributed by atoms with E-state index in [2.05, 4.69) is 31.3 Å². The number of anilines is 2. The molecule has 1 aromatic carbocycles. The standard InChI is InChI=1S/C13H20N2/c1-3-7-13(2)8-6-10-4-5-11(14)9-12(10)15-13/h4-5,9,15H,3,6-8,14H2,1-2H3/t13-/m0/s1. The molecule has 2 nitrogen and oxygen atoms in total. The Labute approximate surface area is 91.9 Å².